The fraction of sp³-hybridized carbons (Fsp3) is 0.600. The van der Waals surface area contributed by atoms with Crippen LogP contribution in [0.2, 0.25) is 10.0 Å². The van der Waals surface area contributed by atoms with Crippen LogP contribution in [0.1, 0.15) is 25.3 Å². The van der Waals surface area contributed by atoms with Crippen molar-refractivity contribution in [3.63, 3.8) is 0 Å². The van der Waals surface area contributed by atoms with Crippen LogP contribution in [-0.4, -0.2) is 25.8 Å². The predicted molar refractivity (Wildman–Crippen MR) is 79.1 cm³/mol. The zero-order chi connectivity index (χ0) is 13.5. The van der Waals surface area contributed by atoms with Gasteiger partial charge >= 0.3 is 0 Å². The number of fused-ring (bicyclic) bond motifs is 1. The maximum absolute atomic E-state index is 6.19. The van der Waals surface area contributed by atoms with Gasteiger partial charge in [-0.25, -0.2) is 0 Å². The van der Waals surface area contributed by atoms with Crippen molar-refractivity contribution in [3.8, 4) is 0 Å². The van der Waals surface area contributed by atoms with E-state index in [1.54, 1.807) is 0 Å². The summed E-state index contributed by atoms with van der Waals surface area (Å²) in [5.41, 5.74) is 1.48. The number of hydrogen-bond acceptors (Lipinski definition) is 2. The van der Waals surface area contributed by atoms with E-state index in [0.29, 0.717) is 22.1 Å². The van der Waals surface area contributed by atoms with Crippen molar-refractivity contribution >= 4 is 23.2 Å². The average Bonchev–Trinajstić information content (AvgIpc) is 2.90. The molecular formula is C15H19Cl2NO. The number of benzene rings is 1. The lowest BCUT2D eigenvalue weighted by Crippen LogP contribution is -2.31. The molecule has 0 radical (unpaired) electrons. The Balaban J connectivity index is 1.93. The second-order valence-corrected chi connectivity index (χ2v) is 6.44. The predicted octanol–water partition coefficient (Wildman–Crippen LogP) is 3.65. The average molecular weight is 300 g/mol. The lowest BCUT2D eigenvalue weighted by molar-refractivity contribution is 0.0613. The Kier molecular flexibility index (Phi) is 3.78. The quantitative estimate of drug-likeness (QED) is 0.920. The topological polar surface area (TPSA) is 21.3 Å². The van der Waals surface area contributed by atoms with Gasteiger partial charge in [0.15, 0.2) is 0 Å². The molecule has 2 fully saturated rings. The molecule has 0 unspecified atom stereocenters. The summed E-state index contributed by atoms with van der Waals surface area (Å²) in [6.07, 6.45) is 2.60. The van der Waals surface area contributed by atoms with Gasteiger partial charge in [-0.2, -0.15) is 0 Å². The molecule has 3 atom stereocenters. The lowest BCUT2D eigenvalue weighted by atomic mass is 9.74. The molecule has 1 N–H and O–H groups in total. The normalized spacial score (nSPS) is 33.6. The molecule has 19 heavy (non-hydrogen) atoms. The highest BCUT2D eigenvalue weighted by Gasteiger charge is 2.51. The summed E-state index contributed by atoms with van der Waals surface area (Å²) in [7, 11) is 0. The van der Waals surface area contributed by atoms with Crippen LogP contribution in [0.4, 0.5) is 0 Å². The highest BCUT2D eigenvalue weighted by molar-refractivity contribution is 6.42. The molecular weight excluding hydrogens is 281 g/mol. The first-order valence-corrected chi connectivity index (χ1v) is 7.69. The van der Waals surface area contributed by atoms with Crippen LogP contribution >= 0.6 is 23.2 Å². The van der Waals surface area contributed by atoms with Crippen molar-refractivity contribution < 1.29 is 4.74 Å². The largest absolute Gasteiger partial charge is 0.378 e. The Morgan fingerprint density at radius 3 is 2.95 bits per heavy atom. The molecule has 2 nitrogen and oxygen atoms in total. The third-order valence-electron chi connectivity index (χ3n) is 4.65. The highest BCUT2D eigenvalue weighted by Crippen LogP contribution is 2.49. The van der Waals surface area contributed by atoms with Crippen molar-refractivity contribution in [2.45, 2.75) is 31.3 Å². The number of nitrogens with one attached hydrogen (secondary N) is 1. The van der Waals surface area contributed by atoms with Crippen LogP contribution in [0.25, 0.3) is 0 Å². The molecule has 4 heteroatoms. The summed E-state index contributed by atoms with van der Waals surface area (Å²) in [5.74, 6) is 0.640. The molecule has 0 amide bonds. The molecule has 1 saturated heterocycles. The van der Waals surface area contributed by atoms with Crippen molar-refractivity contribution in [1.82, 2.24) is 5.32 Å². The van der Waals surface area contributed by atoms with Crippen LogP contribution in [0, 0.1) is 5.92 Å². The fourth-order valence-electron chi connectivity index (χ4n) is 3.79. The SMILES string of the molecule is CCO[C@@H]1C[C@@H]2CNC[C@]2(c2ccc(Cl)c(Cl)c2)C1. The van der Waals surface area contributed by atoms with E-state index in [9.17, 15) is 0 Å². The Labute approximate surface area is 124 Å². The van der Waals surface area contributed by atoms with E-state index in [-0.39, 0.29) is 5.41 Å². The van der Waals surface area contributed by atoms with Crippen molar-refractivity contribution in [2.24, 2.45) is 5.92 Å². The molecule has 2 aliphatic rings. The van der Waals surface area contributed by atoms with Gasteiger partial charge in [0.1, 0.15) is 0 Å². The summed E-state index contributed by atoms with van der Waals surface area (Å²) >= 11 is 12.2. The summed E-state index contributed by atoms with van der Waals surface area (Å²) in [5, 5.41) is 4.81. The maximum atomic E-state index is 6.19. The molecule has 1 aliphatic heterocycles. The minimum Gasteiger partial charge on any atom is -0.378 e. The van der Waals surface area contributed by atoms with Crippen LogP contribution in [0.3, 0.4) is 0 Å². The minimum atomic E-state index is 0.175. The van der Waals surface area contributed by atoms with Crippen LogP contribution in [-0.2, 0) is 10.2 Å². The van der Waals surface area contributed by atoms with Gasteiger partial charge in [-0.05, 0) is 49.9 Å². The molecule has 0 aromatic heterocycles. The molecule has 1 aromatic carbocycles. The van der Waals surface area contributed by atoms with E-state index >= 15 is 0 Å². The first-order valence-electron chi connectivity index (χ1n) is 6.93. The zero-order valence-electron chi connectivity index (χ0n) is 11.1. The molecule has 1 aliphatic carbocycles. The minimum absolute atomic E-state index is 0.175. The van der Waals surface area contributed by atoms with Crippen LogP contribution in [0.15, 0.2) is 18.2 Å². The molecule has 1 saturated carbocycles. The molecule has 1 heterocycles. The van der Waals surface area contributed by atoms with E-state index in [0.717, 1.165) is 32.5 Å². The molecule has 1 aromatic rings. The van der Waals surface area contributed by atoms with Gasteiger partial charge in [0.05, 0.1) is 16.1 Å². The van der Waals surface area contributed by atoms with E-state index in [2.05, 4.69) is 18.3 Å². The molecule has 104 valence electrons. The second kappa shape index (κ2) is 5.25. The molecule has 0 spiro atoms. The van der Waals surface area contributed by atoms with Crippen molar-refractivity contribution in [2.75, 3.05) is 19.7 Å². The van der Waals surface area contributed by atoms with Gasteiger partial charge in [0, 0.05) is 18.6 Å². The lowest BCUT2D eigenvalue weighted by Gasteiger charge is -2.29. The number of rotatable bonds is 3. The second-order valence-electron chi connectivity index (χ2n) is 5.63. The van der Waals surface area contributed by atoms with E-state index in [4.69, 9.17) is 27.9 Å². The zero-order valence-corrected chi connectivity index (χ0v) is 12.6. The third kappa shape index (κ3) is 2.29. The van der Waals surface area contributed by atoms with E-state index in [1.807, 2.05) is 12.1 Å². The first kappa shape index (κ1) is 13.7. The van der Waals surface area contributed by atoms with Gasteiger partial charge in [-0.1, -0.05) is 29.3 Å². The van der Waals surface area contributed by atoms with Crippen molar-refractivity contribution in [3.05, 3.63) is 33.8 Å². The number of ether oxygens (including phenoxy) is 1. The number of hydrogen-bond donors (Lipinski definition) is 1. The van der Waals surface area contributed by atoms with Gasteiger partial charge in [0.25, 0.3) is 0 Å². The van der Waals surface area contributed by atoms with Gasteiger partial charge < -0.3 is 10.1 Å². The summed E-state index contributed by atoms with van der Waals surface area (Å²) < 4.78 is 5.85. The third-order valence-corrected chi connectivity index (χ3v) is 5.39. The Morgan fingerprint density at radius 2 is 2.21 bits per heavy atom. The van der Waals surface area contributed by atoms with Gasteiger partial charge in [-0.3, -0.25) is 0 Å². The standard InChI is InChI=1S/C15H19Cl2NO/c1-2-19-12-5-11-8-18-9-15(11,7-12)10-3-4-13(16)14(17)6-10/h3-4,6,11-12,18H,2,5,7-9H2,1H3/t11-,12-,15+/m1/s1. The maximum Gasteiger partial charge on any atom is 0.0595 e. The van der Waals surface area contributed by atoms with Crippen LogP contribution < -0.4 is 5.32 Å². The Morgan fingerprint density at radius 1 is 1.37 bits per heavy atom. The molecule has 3 rings (SSSR count). The van der Waals surface area contributed by atoms with Gasteiger partial charge in [0.2, 0.25) is 0 Å². The van der Waals surface area contributed by atoms with Gasteiger partial charge in [-0.15, -0.1) is 0 Å². The Hall–Kier alpha value is -0.280. The summed E-state index contributed by atoms with van der Waals surface area (Å²) in [6, 6.07) is 6.08. The Bertz CT molecular complexity index is 479. The fourth-order valence-corrected chi connectivity index (χ4v) is 4.09. The van der Waals surface area contributed by atoms with Crippen molar-refractivity contribution in [1.29, 1.82) is 0 Å². The highest BCUT2D eigenvalue weighted by atomic mass is 35.5. The number of halogens is 2. The first-order chi connectivity index (χ1) is 9.15. The monoisotopic (exact) mass is 299 g/mol. The summed E-state index contributed by atoms with van der Waals surface area (Å²) in [4.78, 5) is 0. The summed E-state index contributed by atoms with van der Waals surface area (Å²) in [6.45, 7) is 4.95. The van der Waals surface area contributed by atoms with Crippen LogP contribution in [0.5, 0.6) is 0 Å². The molecule has 0 bridgehead atoms. The van der Waals surface area contributed by atoms with E-state index in [1.165, 1.54) is 5.56 Å². The van der Waals surface area contributed by atoms with E-state index < -0.39 is 0 Å². The smallest absolute Gasteiger partial charge is 0.0595 e.